The minimum Gasteiger partial charge on any atom is -0.306 e. The third-order valence-electron chi connectivity index (χ3n) is 4.11. The third-order valence-corrected chi connectivity index (χ3v) is 4.36. The fourth-order valence-electron chi connectivity index (χ4n) is 2.32. The first kappa shape index (κ1) is 26.7. The second kappa shape index (κ2) is 16.4. The van der Waals surface area contributed by atoms with E-state index in [1.807, 2.05) is 24.3 Å². The second-order valence-corrected chi connectivity index (χ2v) is 6.94. The number of unbranched alkanes of at least 4 members (excludes halogenated alkanes) is 1. The van der Waals surface area contributed by atoms with E-state index in [9.17, 15) is 4.79 Å². The van der Waals surface area contributed by atoms with Gasteiger partial charge in [0.05, 0.1) is 7.11 Å². The van der Waals surface area contributed by atoms with Crippen LogP contribution < -0.4 is 5.32 Å². The van der Waals surface area contributed by atoms with Crippen molar-refractivity contribution in [2.75, 3.05) is 19.5 Å². The maximum absolute atomic E-state index is 11.3. The Hall–Kier alpha value is -3.34. The molecule has 0 spiro atoms. The summed E-state index contributed by atoms with van der Waals surface area (Å²) in [6.07, 6.45) is 5.90. The van der Waals surface area contributed by atoms with Gasteiger partial charge in [0.15, 0.2) is 0 Å². The van der Waals surface area contributed by atoms with Gasteiger partial charge in [0.1, 0.15) is 0 Å². The molecule has 0 unspecified atom stereocenters. The van der Waals surface area contributed by atoms with Crippen LogP contribution in [0.1, 0.15) is 12.8 Å². The number of hydroxylamine groups is 2. The van der Waals surface area contributed by atoms with E-state index in [1.165, 1.54) is 25.3 Å². The van der Waals surface area contributed by atoms with Crippen LogP contribution in [0.2, 0.25) is 5.02 Å². The topological polar surface area (TPSA) is 41.6 Å². The first-order chi connectivity index (χ1) is 15.5. The van der Waals surface area contributed by atoms with Crippen LogP contribution in [0, 0.1) is 0 Å². The van der Waals surface area contributed by atoms with Crippen molar-refractivity contribution in [2.24, 2.45) is 0 Å². The predicted molar refractivity (Wildman–Crippen MR) is 137 cm³/mol. The molecule has 0 aliphatic carbocycles. The Labute approximate surface area is 196 Å². The summed E-state index contributed by atoms with van der Waals surface area (Å²) in [7, 11) is 2.94. The maximum atomic E-state index is 11.3. The molecule has 0 saturated carbocycles. The van der Waals surface area contributed by atoms with Gasteiger partial charge in [-0.15, -0.1) is 13.2 Å². The van der Waals surface area contributed by atoms with Gasteiger partial charge in [0, 0.05) is 17.8 Å². The van der Waals surface area contributed by atoms with Crippen LogP contribution >= 0.6 is 11.6 Å². The number of nitrogens with zero attached hydrogens (tertiary/aromatic N) is 1. The van der Waals surface area contributed by atoms with Gasteiger partial charge in [-0.05, 0) is 48.2 Å². The van der Waals surface area contributed by atoms with Gasteiger partial charge in [-0.1, -0.05) is 84.4 Å². The normalized spacial score (nSPS) is 9.22. The van der Waals surface area contributed by atoms with Crippen LogP contribution in [0.4, 0.5) is 10.5 Å². The molecule has 5 heteroatoms. The number of anilines is 1. The fourth-order valence-corrected chi connectivity index (χ4v) is 2.44. The lowest BCUT2D eigenvalue weighted by Gasteiger charge is -2.14. The third kappa shape index (κ3) is 11.2. The quantitative estimate of drug-likeness (QED) is 0.236. The summed E-state index contributed by atoms with van der Waals surface area (Å²) in [5.74, 6) is 0. The molecule has 2 amide bonds. The number of hydrogen-bond acceptors (Lipinski definition) is 2. The van der Waals surface area contributed by atoms with E-state index in [2.05, 4.69) is 67.0 Å². The van der Waals surface area contributed by atoms with Crippen molar-refractivity contribution in [1.82, 2.24) is 5.06 Å². The van der Waals surface area contributed by atoms with Crippen molar-refractivity contribution in [3.8, 4) is 11.1 Å². The largest absolute Gasteiger partial charge is 0.345 e. The molecule has 3 aromatic rings. The Balaban J connectivity index is 0.000000259. The molecular weight excluding hydrogens is 420 g/mol. The number of allylic oxidation sites excluding steroid dienone is 2. The van der Waals surface area contributed by atoms with Crippen molar-refractivity contribution in [1.29, 1.82) is 0 Å². The Morgan fingerprint density at radius 1 is 0.875 bits per heavy atom. The molecule has 0 aliphatic heterocycles. The highest BCUT2D eigenvalue weighted by molar-refractivity contribution is 6.30. The lowest BCUT2D eigenvalue weighted by Crippen LogP contribution is -2.30. The summed E-state index contributed by atoms with van der Waals surface area (Å²) >= 11 is 5.69. The average Bonchev–Trinajstić information content (AvgIpc) is 2.85. The lowest BCUT2D eigenvalue weighted by molar-refractivity contribution is -0.0598. The van der Waals surface area contributed by atoms with E-state index in [0.29, 0.717) is 10.7 Å². The SMILES string of the molecule is C=CCCC=C.CON(C)C(=O)Nc1ccc(Cl)cc1.c1ccc(-c2ccccc2)cc1. The molecule has 3 rings (SSSR count). The van der Waals surface area contributed by atoms with Crippen LogP contribution in [0.25, 0.3) is 11.1 Å². The van der Waals surface area contributed by atoms with Crippen LogP contribution in [0.15, 0.2) is 110 Å². The number of rotatable bonds is 6. The molecule has 0 atom stereocenters. The monoisotopic (exact) mass is 450 g/mol. The number of halogens is 1. The number of benzene rings is 3. The van der Waals surface area contributed by atoms with E-state index >= 15 is 0 Å². The standard InChI is InChI=1S/C12H10.C9H11ClN2O2.C6H10/c1-3-7-11(8-4-1)12-9-5-2-6-10-12;1-12(14-2)9(13)11-8-5-3-7(10)4-6-8;1-3-5-6-4-2/h1-10H;3-6H,1-2H3,(H,11,13);3-4H,1-2,5-6H2. The van der Waals surface area contributed by atoms with Crippen molar-refractivity contribution in [3.05, 3.63) is 115 Å². The summed E-state index contributed by atoms with van der Waals surface area (Å²) in [4.78, 5) is 16.0. The smallest absolute Gasteiger partial charge is 0.306 e. The van der Waals surface area contributed by atoms with E-state index in [1.54, 1.807) is 24.3 Å². The molecule has 0 bridgehead atoms. The molecule has 0 aliphatic rings. The van der Waals surface area contributed by atoms with Gasteiger partial charge in [-0.25, -0.2) is 9.86 Å². The minimum absolute atomic E-state index is 0.338. The number of urea groups is 1. The van der Waals surface area contributed by atoms with Crippen LogP contribution in [-0.4, -0.2) is 25.3 Å². The second-order valence-electron chi connectivity index (χ2n) is 6.50. The van der Waals surface area contributed by atoms with Crippen LogP contribution in [0.3, 0.4) is 0 Å². The molecule has 168 valence electrons. The first-order valence-electron chi connectivity index (χ1n) is 10.2. The number of amides is 2. The van der Waals surface area contributed by atoms with Crippen molar-refractivity contribution < 1.29 is 9.63 Å². The molecule has 0 heterocycles. The van der Waals surface area contributed by atoms with Crippen LogP contribution in [-0.2, 0) is 4.84 Å². The summed E-state index contributed by atoms with van der Waals surface area (Å²) < 4.78 is 0. The number of nitrogens with one attached hydrogen (secondary N) is 1. The summed E-state index contributed by atoms with van der Waals surface area (Å²) in [6, 6.07) is 27.3. The van der Waals surface area contributed by atoms with Crippen LogP contribution in [0.5, 0.6) is 0 Å². The summed E-state index contributed by atoms with van der Waals surface area (Å²) in [5, 5.41) is 4.34. The van der Waals surface area contributed by atoms with Gasteiger partial charge in [0.25, 0.3) is 0 Å². The number of hydrogen-bond donors (Lipinski definition) is 1. The molecule has 3 aromatic carbocycles. The Kier molecular flexibility index (Phi) is 13.7. The predicted octanol–water partition coefficient (Wildman–Crippen LogP) is 7.86. The Morgan fingerprint density at radius 2 is 1.31 bits per heavy atom. The van der Waals surface area contributed by atoms with Gasteiger partial charge in [-0.2, -0.15) is 0 Å². The average molecular weight is 451 g/mol. The Bertz CT molecular complexity index is 868. The van der Waals surface area contributed by atoms with Gasteiger partial charge in [-0.3, -0.25) is 4.84 Å². The number of carbonyl (C=O) groups excluding carboxylic acids is 1. The Morgan fingerprint density at radius 3 is 1.69 bits per heavy atom. The molecule has 0 radical (unpaired) electrons. The van der Waals surface area contributed by atoms with Crippen molar-refractivity contribution in [3.63, 3.8) is 0 Å². The van der Waals surface area contributed by atoms with E-state index in [4.69, 9.17) is 16.4 Å². The first-order valence-corrected chi connectivity index (χ1v) is 10.6. The van der Waals surface area contributed by atoms with E-state index < -0.39 is 0 Å². The maximum Gasteiger partial charge on any atom is 0.345 e. The minimum atomic E-state index is -0.338. The zero-order valence-electron chi connectivity index (χ0n) is 18.7. The van der Waals surface area contributed by atoms with E-state index in [-0.39, 0.29) is 6.03 Å². The fraction of sp³-hybridized carbons (Fsp3) is 0.148. The summed E-state index contributed by atoms with van der Waals surface area (Å²) in [6.45, 7) is 7.10. The molecule has 32 heavy (non-hydrogen) atoms. The molecule has 1 N–H and O–H groups in total. The zero-order chi connectivity index (χ0) is 23.6. The zero-order valence-corrected chi connectivity index (χ0v) is 19.5. The highest BCUT2D eigenvalue weighted by Crippen LogP contribution is 2.17. The van der Waals surface area contributed by atoms with E-state index in [0.717, 1.165) is 17.9 Å². The molecule has 0 aromatic heterocycles. The van der Waals surface area contributed by atoms with Gasteiger partial charge in [0.2, 0.25) is 0 Å². The van der Waals surface area contributed by atoms with Gasteiger partial charge >= 0.3 is 6.03 Å². The van der Waals surface area contributed by atoms with Gasteiger partial charge < -0.3 is 5.32 Å². The molecule has 4 nitrogen and oxygen atoms in total. The summed E-state index contributed by atoms with van der Waals surface area (Å²) in [5.41, 5.74) is 3.22. The number of carbonyl (C=O) groups is 1. The lowest BCUT2D eigenvalue weighted by atomic mass is 10.1. The van der Waals surface area contributed by atoms with Crippen molar-refractivity contribution in [2.45, 2.75) is 12.8 Å². The highest BCUT2D eigenvalue weighted by Gasteiger charge is 2.06. The molecule has 0 fully saturated rings. The van der Waals surface area contributed by atoms with Crippen molar-refractivity contribution >= 4 is 23.3 Å². The molecule has 0 saturated heterocycles. The highest BCUT2D eigenvalue weighted by atomic mass is 35.5. The molecular formula is C27H31ClN2O2.